The number of hydrogen-bond donors (Lipinski definition) is 5. The predicted molar refractivity (Wildman–Crippen MR) is 82.3 cm³/mol. The summed E-state index contributed by atoms with van der Waals surface area (Å²) in [7, 11) is 1.53. The first-order valence-corrected chi connectivity index (χ1v) is 7.67. The first kappa shape index (κ1) is 19.1. The van der Waals surface area contributed by atoms with Crippen molar-refractivity contribution in [1.29, 1.82) is 0 Å². The molecule has 1 heterocycles. The molecule has 0 aliphatic carbocycles. The molecule has 0 spiro atoms. The fourth-order valence-corrected chi connectivity index (χ4v) is 2.59. The standard InChI is InChI=1S/C16H24O8/c1-8(18)15(9-3-5-10(22-2)6-4-9)24-16-14(21)13(20)12(19)11(7-17)23-16/h3-6,8,11-21H,7H2,1-2H3/t8-,11+,12-,13-,14-,15+,16-/m1/s1. The molecule has 5 N–H and O–H groups in total. The van der Waals surface area contributed by atoms with Crippen LogP contribution in [0.5, 0.6) is 5.75 Å². The van der Waals surface area contributed by atoms with E-state index < -0.39 is 49.5 Å². The van der Waals surface area contributed by atoms with Crippen LogP contribution in [0.3, 0.4) is 0 Å². The van der Waals surface area contributed by atoms with Crippen LogP contribution in [0.2, 0.25) is 0 Å². The zero-order valence-electron chi connectivity index (χ0n) is 13.5. The molecule has 1 fully saturated rings. The zero-order chi connectivity index (χ0) is 17.9. The van der Waals surface area contributed by atoms with Crippen LogP contribution in [0.1, 0.15) is 18.6 Å². The molecule has 8 heteroatoms. The number of aliphatic hydroxyl groups excluding tert-OH is 5. The predicted octanol–water partition coefficient (Wildman–Crippen LogP) is -1.07. The Labute approximate surface area is 139 Å². The number of aliphatic hydroxyl groups is 5. The summed E-state index contributed by atoms with van der Waals surface area (Å²) in [6.07, 6.45) is -8.70. The lowest BCUT2D eigenvalue weighted by atomic mass is 9.99. The van der Waals surface area contributed by atoms with E-state index in [1.807, 2.05) is 0 Å². The fraction of sp³-hybridized carbons (Fsp3) is 0.625. The van der Waals surface area contributed by atoms with Gasteiger partial charge in [0.1, 0.15) is 36.3 Å². The Morgan fingerprint density at radius 2 is 1.71 bits per heavy atom. The van der Waals surface area contributed by atoms with Crippen molar-refractivity contribution in [1.82, 2.24) is 0 Å². The van der Waals surface area contributed by atoms with Crippen molar-refractivity contribution < 1.29 is 39.7 Å². The molecule has 0 unspecified atom stereocenters. The lowest BCUT2D eigenvalue weighted by Crippen LogP contribution is -2.59. The van der Waals surface area contributed by atoms with Crippen LogP contribution in [0.4, 0.5) is 0 Å². The minimum atomic E-state index is -1.54. The Balaban J connectivity index is 2.17. The van der Waals surface area contributed by atoms with Gasteiger partial charge >= 0.3 is 0 Å². The summed E-state index contributed by atoms with van der Waals surface area (Å²) in [5.41, 5.74) is 0.614. The second-order valence-corrected chi connectivity index (χ2v) is 5.77. The Kier molecular flexibility index (Phi) is 6.53. The molecule has 0 amide bonds. The highest BCUT2D eigenvalue weighted by Gasteiger charge is 2.45. The van der Waals surface area contributed by atoms with Gasteiger partial charge in [-0.05, 0) is 24.6 Å². The molecule has 0 bridgehead atoms. The molecule has 1 aromatic rings. The van der Waals surface area contributed by atoms with Gasteiger partial charge in [-0.1, -0.05) is 12.1 Å². The maximum Gasteiger partial charge on any atom is 0.187 e. The third-order valence-electron chi connectivity index (χ3n) is 4.01. The third kappa shape index (κ3) is 4.04. The van der Waals surface area contributed by atoms with E-state index in [0.29, 0.717) is 11.3 Å². The molecule has 0 aromatic heterocycles. The first-order valence-electron chi connectivity index (χ1n) is 7.67. The SMILES string of the molecule is COc1ccc([C@@H](O[C@H]2O[C@@H](CO)[C@@H](O)[C@@H](O)[C@H]2O)[C@@H](C)O)cc1. The molecule has 8 nitrogen and oxygen atoms in total. The highest BCUT2D eigenvalue weighted by molar-refractivity contribution is 5.29. The minimum absolute atomic E-state index is 0.549. The van der Waals surface area contributed by atoms with Crippen molar-refractivity contribution >= 4 is 0 Å². The van der Waals surface area contributed by atoms with Crippen molar-refractivity contribution in [2.75, 3.05) is 13.7 Å². The summed E-state index contributed by atoms with van der Waals surface area (Å²) in [6.45, 7) is 0.964. The number of hydrogen-bond acceptors (Lipinski definition) is 8. The fourth-order valence-electron chi connectivity index (χ4n) is 2.59. The summed E-state index contributed by atoms with van der Waals surface area (Å²) in [4.78, 5) is 0. The van der Waals surface area contributed by atoms with Crippen LogP contribution < -0.4 is 4.74 Å². The monoisotopic (exact) mass is 344 g/mol. The Morgan fingerprint density at radius 1 is 1.08 bits per heavy atom. The summed E-state index contributed by atoms with van der Waals surface area (Å²) in [6, 6.07) is 6.78. The smallest absolute Gasteiger partial charge is 0.187 e. The van der Waals surface area contributed by atoms with Gasteiger partial charge < -0.3 is 39.7 Å². The van der Waals surface area contributed by atoms with Crippen LogP contribution >= 0.6 is 0 Å². The second kappa shape index (κ2) is 8.21. The van der Waals surface area contributed by atoms with Crippen molar-refractivity contribution in [3.8, 4) is 5.75 Å². The van der Waals surface area contributed by atoms with Crippen LogP contribution in [0, 0.1) is 0 Å². The molecule has 0 radical (unpaired) electrons. The van der Waals surface area contributed by atoms with Gasteiger partial charge in [0.05, 0.1) is 19.8 Å². The molecule has 7 atom stereocenters. The Morgan fingerprint density at radius 3 is 2.21 bits per heavy atom. The summed E-state index contributed by atoms with van der Waals surface area (Å²) in [5.74, 6) is 0.635. The normalized spacial score (nSPS) is 33.0. The zero-order valence-corrected chi connectivity index (χ0v) is 13.5. The lowest BCUT2D eigenvalue weighted by molar-refractivity contribution is -0.317. The Hall–Kier alpha value is -1.26. The van der Waals surface area contributed by atoms with E-state index in [4.69, 9.17) is 14.2 Å². The number of ether oxygens (including phenoxy) is 3. The minimum Gasteiger partial charge on any atom is -0.497 e. The van der Waals surface area contributed by atoms with E-state index in [0.717, 1.165) is 0 Å². The van der Waals surface area contributed by atoms with Crippen LogP contribution in [0.15, 0.2) is 24.3 Å². The summed E-state index contributed by atoms with van der Waals surface area (Å²) in [5, 5.41) is 48.8. The molecule has 0 saturated carbocycles. The van der Waals surface area contributed by atoms with Crippen LogP contribution in [-0.2, 0) is 9.47 Å². The van der Waals surface area contributed by atoms with Crippen LogP contribution in [0.25, 0.3) is 0 Å². The van der Waals surface area contributed by atoms with E-state index in [2.05, 4.69) is 0 Å². The number of methoxy groups -OCH3 is 1. The van der Waals surface area contributed by atoms with Crippen molar-refractivity contribution in [2.24, 2.45) is 0 Å². The average molecular weight is 344 g/mol. The molecule has 1 aliphatic rings. The highest BCUT2D eigenvalue weighted by Crippen LogP contribution is 2.30. The van der Waals surface area contributed by atoms with Gasteiger partial charge in [0, 0.05) is 0 Å². The third-order valence-corrected chi connectivity index (χ3v) is 4.01. The molecule has 2 rings (SSSR count). The van der Waals surface area contributed by atoms with E-state index in [1.54, 1.807) is 24.3 Å². The van der Waals surface area contributed by atoms with E-state index in [-0.39, 0.29) is 0 Å². The second-order valence-electron chi connectivity index (χ2n) is 5.77. The van der Waals surface area contributed by atoms with Gasteiger partial charge in [-0.15, -0.1) is 0 Å². The topological polar surface area (TPSA) is 129 Å². The molecule has 1 saturated heterocycles. The maximum absolute atomic E-state index is 10.0. The number of rotatable bonds is 6. The van der Waals surface area contributed by atoms with Gasteiger partial charge in [-0.2, -0.15) is 0 Å². The summed E-state index contributed by atoms with van der Waals surface area (Å²) >= 11 is 0. The van der Waals surface area contributed by atoms with Gasteiger partial charge in [-0.25, -0.2) is 0 Å². The van der Waals surface area contributed by atoms with E-state index in [1.165, 1.54) is 14.0 Å². The van der Waals surface area contributed by atoms with Crippen LogP contribution in [-0.4, -0.2) is 76.1 Å². The molecule has 24 heavy (non-hydrogen) atoms. The van der Waals surface area contributed by atoms with Gasteiger partial charge in [-0.3, -0.25) is 0 Å². The molecular formula is C16H24O8. The van der Waals surface area contributed by atoms with Crippen molar-refractivity contribution in [2.45, 2.75) is 49.8 Å². The molecular weight excluding hydrogens is 320 g/mol. The molecule has 1 aliphatic heterocycles. The maximum atomic E-state index is 10.0. The van der Waals surface area contributed by atoms with Gasteiger partial charge in [0.25, 0.3) is 0 Å². The summed E-state index contributed by atoms with van der Waals surface area (Å²) < 4.78 is 16.0. The number of benzene rings is 1. The van der Waals surface area contributed by atoms with Crippen molar-refractivity contribution in [3.63, 3.8) is 0 Å². The largest absolute Gasteiger partial charge is 0.497 e. The molecule has 1 aromatic carbocycles. The average Bonchev–Trinajstić information content (AvgIpc) is 2.59. The first-order chi connectivity index (χ1) is 11.4. The lowest BCUT2D eigenvalue weighted by Gasteiger charge is -2.41. The van der Waals surface area contributed by atoms with Crippen molar-refractivity contribution in [3.05, 3.63) is 29.8 Å². The molecule has 136 valence electrons. The quantitative estimate of drug-likeness (QED) is 0.441. The Bertz CT molecular complexity index is 503. The highest BCUT2D eigenvalue weighted by atomic mass is 16.7. The van der Waals surface area contributed by atoms with E-state index >= 15 is 0 Å². The van der Waals surface area contributed by atoms with Gasteiger partial charge in [0.2, 0.25) is 0 Å². The van der Waals surface area contributed by atoms with E-state index in [9.17, 15) is 25.5 Å². The van der Waals surface area contributed by atoms with Gasteiger partial charge in [0.15, 0.2) is 6.29 Å².